The first-order valence-corrected chi connectivity index (χ1v) is 10.3. The van der Waals surface area contributed by atoms with E-state index in [4.69, 9.17) is 16.6 Å². The Morgan fingerprint density at radius 1 is 1.32 bits per heavy atom. The average Bonchev–Trinajstić information content (AvgIpc) is 2.83. The first kappa shape index (κ1) is 18.9. The minimum Gasteiger partial charge on any atom is -0.299 e. The zero-order valence-electron chi connectivity index (χ0n) is 15.6. The van der Waals surface area contributed by atoms with Crippen molar-refractivity contribution in [3.05, 3.63) is 45.1 Å². The van der Waals surface area contributed by atoms with Crippen LogP contribution in [0.4, 0.5) is 15.6 Å². The van der Waals surface area contributed by atoms with Crippen LogP contribution in [-0.2, 0) is 13.0 Å². The van der Waals surface area contributed by atoms with Gasteiger partial charge in [0.05, 0.1) is 10.4 Å². The molecule has 0 spiro atoms. The number of pyridine rings is 1. The molecule has 4 heterocycles. The van der Waals surface area contributed by atoms with Crippen molar-refractivity contribution in [1.82, 2.24) is 14.5 Å². The Morgan fingerprint density at radius 3 is 2.89 bits per heavy atom. The molecule has 7 nitrogen and oxygen atoms in total. The number of aromatic nitrogens is 3. The summed E-state index contributed by atoms with van der Waals surface area (Å²) in [5.74, 6) is 1.81. The highest BCUT2D eigenvalue weighted by molar-refractivity contribution is 7.22. The van der Waals surface area contributed by atoms with Crippen LogP contribution in [0.2, 0.25) is 5.02 Å². The van der Waals surface area contributed by atoms with Crippen LogP contribution in [0.5, 0.6) is 0 Å². The van der Waals surface area contributed by atoms with Crippen molar-refractivity contribution in [2.24, 2.45) is 5.92 Å². The van der Waals surface area contributed by atoms with Gasteiger partial charge < -0.3 is 0 Å². The van der Waals surface area contributed by atoms with Crippen LogP contribution in [0, 0.1) is 12.8 Å². The molecule has 2 N–H and O–H groups in total. The van der Waals surface area contributed by atoms with E-state index in [2.05, 4.69) is 22.5 Å². The summed E-state index contributed by atoms with van der Waals surface area (Å²) in [4.78, 5) is 34.8. The van der Waals surface area contributed by atoms with Gasteiger partial charge in [-0.3, -0.25) is 20.0 Å². The van der Waals surface area contributed by atoms with Gasteiger partial charge in [0.2, 0.25) is 0 Å². The third kappa shape index (κ3) is 3.62. The molecule has 0 saturated heterocycles. The van der Waals surface area contributed by atoms with E-state index in [1.807, 2.05) is 6.92 Å². The summed E-state index contributed by atoms with van der Waals surface area (Å²) in [5.41, 5.74) is 0.722. The summed E-state index contributed by atoms with van der Waals surface area (Å²) in [6.07, 6.45) is 4.27. The molecule has 1 aliphatic heterocycles. The molecule has 0 aromatic carbocycles. The number of rotatable bonds is 2. The topological polar surface area (TPSA) is 88.9 Å². The van der Waals surface area contributed by atoms with E-state index in [9.17, 15) is 9.59 Å². The molecule has 4 rings (SSSR count). The monoisotopic (exact) mass is 417 g/mol. The predicted molar refractivity (Wildman–Crippen MR) is 113 cm³/mol. The van der Waals surface area contributed by atoms with Gasteiger partial charge in [0.25, 0.3) is 5.56 Å². The van der Waals surface area contributed by atoms with Gasteiger partial charge in [-0.05, 0) is 43.4 Å². The van der Waals surface area contributed by atoms with E-state index in [1.54, 1.807) is 16.7 Å². The summed E-state index contributed by atoms with van der Waals surface area (Å²) < 4.78 is 1.80. The van der Waals surface area contributed by atoms with Crippen molar-refractivity contribution in [3.63, 3.8) is 0 Å². The number of thiophene rings is 1. The van der Waals surface area contributed by atoms with E-state index in [-0.39, 0.29) is 5.56 Å². The SMILES string of the molecule is Cc1c(NC(=O)Nc2ccc(Cl)cn2)sc2nc3n(c(=O)c12)CCC(C)CC3. The number of urea groups is 1. The number of nitrogens with one attached hydrogen (secondary N) is 2. The van der Waals surface area contributed by atoms with Crippen LogP contribution in [0.25, 0.3) is 10.2 Å². The van der Waals surface area contributed by atoms with E-state index >= 15 is 0 Å². The van der Waals surface area contributed by atoms with E-state index in [1.165, 1.54) is 17.5 Å². The standard InChI is InChI=1S/C19H20ClN5O2S/c1-10-3-6-14-23-17-15(18(26)25(14)8-7-10)11(2)16(28-17)24-19(27)22-13-5-4-12(20)9-21-13/h4-5,9-10H,3,6-8H2,1-2H3,(H2,21,22,24,27). The number of hydrogen-bond donors (Lipinski definition) is 2. The zero-order chi connectivity index (χ0) is 19.8. The largest absolute Gasteiger partial charge is 0.325 e. The van der Waals surface area contributed by atoms with Crippen molar-refractivity contribution in [1.29, 1.82) is 0 Å². The van der Waals surface area contributed by atoms with Crippen molar-refractivity contribution >= 4 is 50.0 Å². The van der Waals surface area contributed by atoms with Crippen LogP contribution >= 0.6 is 22.9 Å². The highest BCUT2D eigenvalue weighted by Crippen LogP contribution is 2.33. The molecule has 0 fully saturated rings. The summed E-state index contributed by atoms with van der Waals surface area (Å²) >= 11 is 7.12. The molecule has 146 valence electrons. The fraction of sp³-hybridized carbons (Fsp3) is 0.368. The third-order valence-corrected chi connectivity index (χ3v) is 6.36. The lowest BCUT2D eigenvalue weighted by Crippen LogP contribution is -2.24. The second-order valence-electron chi connectivity index (χ2n) is 7.09. The van der Waals surface area contributed by atoms with Crippen LogP contribution in [0.15, 0.2) is 23.1 Å². The number of aryl methyl sites for hydroxylation is 2. The lowest BCUT2D eigenvalue weighted by Gasteiger charge is -2.08. The molecule has 1 aliphatic rings. The van der Waals surface area contributed by atoms with Gasteiger partial charge in [-0.25, -0.2) is 14.8 Å². The molecule has 9 heteroatoms. The van der Waals surface area contributed by atoms with Gasteiger partial charge in [0, 0.05) is 19.2 Å². The minimum absolute atomic E-state index is 0.0179. The molecule has 3 aromatic rings. The molecule has 1 atom stereocenters. The lowest BCUT2D eigenvalue weighted by molar-refractivity contribution is 0.262. The number of carbonyl (C=O) groups is 1. The molecule has 3 aromatic heterocycles. The lowest BCUT2D eigenvalue weighted by atomic mass is 10.0. The Labute approximate surface area is 170 Å². The molecule has 0 bridgehead atoms. The van der Waals surface area contributed by atoms with Crippen molar-refractivity contribution in [2.75, 3.05) is 10.6 Å². The Hall–Kier alpha value is -2.45. The summed E-state index contributed by atoms with van der Waals surface area (Å²) in [6, 6.07) is 2.83. The van der Waals surface area contributed by atoms with Crippen LogP contribution in [-0.4, -0.2) is 20.6 Å². The van der Waals surface area contributed by atoms with E-state index in [0.29, 0.717) is 38.5 Å². The molecular formula is C19H20ClN5O2S. The number of nitrogens with zero attached hydrogens (tertiary/aromatic N) is 3. The summed E-state index contributed by atoms with van der Waals surface area (Å²) in [6.45, 7) is 4.74. The second-order valence-corrected chi connectivity index (χ2v) is 8.53. The quantitative estimate of drug-likeness (QED) is 0.645. The first-order valence-electron chi connectivity index (χ1n) is 9.14. The predicted octanol–water partition coefficient (Wildman–Crippen LogP) is 4.43. The average molecular weight is 418 g/mol. The summed E-state index contributed by atoms with van der Waals surface area (Å²) in [7, 11) is 0. The number of carbonyl (C=O) groups excluding carboxylic acids is 1. The van der Waals surface area contributed by atoms with Crippen LogP contribution < -0.4 is 16.2 Å². The first-order chi connectivity index (χ1) is 13.4. The Kier molecular flexibility index (Phi) is 5.07. The molecule has 2 amide bonds. The fourth-order valence-corrected chi connectivity index (χ4v) is 4.57. The Morgan fingerprint density at radius 2 is 2.14 bits per heavy atom. The second kappa shape index (κ2) is 7.52. The van der Waals surface area contributed by atoms with Crippen molar-refractivity contribution in [2.45, 2.75) is 39.7 Å². The van der Waals surface area contributed by atoms with Gasteiger partial charge in [-0.2, -0.15) is 0 Å². The van der Waals surface area contributed by atoms with Gasteiger partial charge in [-0.15, -0.1) is 0 Å². The summed E-state index contributed by atoms with van der Waals surface area (Å²) in [5, 5.41) is 7.15. The van der Waals surface area contributed by atoms with Gasteiger partial charge in [0.1, 0.15) is 21.5 Å². The van der Waals surface area contributed by atoms with E-state index in [0.717, 1.165) is 30.7 Å². The van der Waals surface area contributed by atoms with Crippen LogP contribution in [0.1, 0.15) is 31.2 Å². The molecule has 1 unspecified atom stereocenters. The zero-order valence-corrected chi connectivity index (χ0v) is 17.2. The number of halogens is 1. The third-order valence-electron chi connectivity index (χ3n) is 5.03. The molecule has 0 radical (unpaired) electrons. The molecule has 28 heavy (non-hydrogen) atoms. The highest BCUT2D eigenvalue weighted by atomic mass is 35.5. The van der Waals surface area contributed by atoms with Crippen molar-refractivity contribution < 1.29 is 4.79 Å². The molecule has 0 saturated carbocycles. The number of amides is 2. The highest BCUT2D eigenvalue weighted by Gasteiger charge is 2.21. The number of fused-ring (bicyclic) bond motifs is 2. The van der Waals surface area contributed by atoms with Crippen LogP contribution in [0.3, 0.4) is 0 Å². The number of hydrogen-bond acceptors (Lipinski definition) is 5. The Bertz CT molecular complexity index is 1110. The maximum Gasteiger partial charge on any atom is 0.325 e. The smallest absolute Gasteiger partial charge is 0.299 e. The van der Waals surface area contributed by atoms with Gasteiger partial charge >= 0.3 is 6.03 Å². The minimum atomic E-state index is -0.431. The molecular weight excluding hydrogens is 398 g/mol. The van der Waals surface area contributed by atoms with Gasteiger partial charge in [-0.1, -0.05) is 29.9 Å². The number of anilines is 2. The normalized spacial score (nSPS) is 16.5. The van der Waals surface area contributed by atoms with E-state index < -0.39 is 6.03 Å². The fourth-order valence-electron chi connectivity index (χ4n) is 3.37. The maximum absolute atomic E-state index is 13.1. The van der Waals surface area contributed by atoms with Crippen molar-refractivity contribution in [3.8, 4) is 0 Å². The maximum atomic E-state index is 13.1. The molecule has 0 aliphatic carbocycles. The Balaban J connectivity index is 1.63. The van der Waals surface area contributed by atoms with Gasteiger partial charge in [0.15, 0.2) is 0 Å².